The number of thiophene rings is 4. The molecule has 0 unspecified atom stereocenters. The van der Waals surface area contributed by atoms with E-state index in [-0.39, 0.29) is 11.4 Å². The van der Waals surface area contributed by atoms with Crippen molar-refractivity contribution in [3.8, 4) is 55.3 Å². The Kier molecular flexibility index (Phi) is 5.43. The van der Waals surface area contributed by atoms with Crippen LogP contribution in [0.25, 0.3) is 73.4 Å². The molecule has 192 valence electrons. The van der Waals surface area contributed by atoms with Gasteiger partial charge in [0.2, 0.25) is 0 Å². The van der Waals surface area contributed by atoms with Gasteiger partial charge in [0.15, 0.2) is 0 Å². The molecule has 42 heavy (non-hydrogen) atoms. The summed E-state index contributed by atoms with van der Waals surface area (Å²) in [6, 6.07) is 25.1. The van der Waals surface area contributed by atoms with Crippen LogP contribution in [0.3, 0.4) is 0 Å². The van der Waals surface area contributed by atoms with Gasteiger partial charge in [-0.05, 0) is 68.4 Å². The summed E-state index contributed by atoms with van der Waals surface area (Å²) in [5, 5.41) is 24.0. The normalized spacial score (nSPS) is 14.7. The van der Waals surface area contributed by atoms with E-state index in [0.717, 1.165) is 73.4 Å². The molecule has 2 aliphatic carbocycles. The molecule has 8 rings (SSSR count). The van der Waals surface area contributed by atoms with Gasteiger partial charge in [0.25, 0.3) is 11.4 Å². The summed E-state index contributed by atoms with van der Waals surface area (Å²) in [6.45, 7) is 15.6. The van der Waals surface area contributed by atoms with Gasteiger partial charge in [-0.25, -0.2) is 20.2 Å². The molecule has 4 nitrogen and oxygen atoms in total. The van der Waals surface area contributed by atoms with Gasteiger partial charge < -0.3 is 0 Å². The first kappa shape index (κ1) is 24.7. The van der Waals surface area contributed by atoms with E-state index in [4.69, 9.17) is 13.1 Å². The van der Waals surface area contributed by atoms with E-state index in [9.17, 15) is 10.5 Å². The minimum Gasteiger partial charge on any atom is -0.226 e. The van der Waals surface area contributed by atoms with Crippen LogP contribution < -0.4 is 0 Å². The average Bonchev–Trinajstić information content (AvgIpc) is 3.85. The van der Waals surface area contributed by atoms with Crippen molar-refractivity contribution in [1.29, 1.82) is 10.5 Å². The highest BCUT2D eigenvalue weighted by Gasteiger charge is 2.37. The quantitative estimate of drug-likeness (QED) is 0.146. The zero-order valence-corrected chi connectivity index (χ0v) is 24.6. The lowest BCUT2D eigenvalue weighted by molar-refractivity contribution is 1.50. The maximum absolute atomic E-state index is 9.98. The van der Waals surface area contributed by atoms with E-state index in [1.165, 1.54) is 0 Å². The van der Waals surface area contributed by atoms with Gasteiger partial charge in [0.1, 0.15) is 0 Å². The highest BCUT2D eigenvalue weighted by molar-refractivity contribution is 7.31. The molecule has 6 aromatic rings. The molecule has 0 N–H and O–H groups in total. The summed E-state index contributed by atoms with van der Waals surface area (Å²) in [5.41, 5.74) is 9.56. The first-order valence-electron chi connectivity index (χ1n) is 12.7. The Morgan fingerprint density at radius 1 is 0.619 bits per heavy atom. The van der Waals surface area contributed by atoms with Gasteiger partial charge in [-0.2, -0.15) is 0 Å². The molecular formula is C34H12N4S4. The van der Waals surface area contributed by atoms with Crippen LogP contribution in [-0.2, 0) is 0 Å². The second-order valence-corrected chi connectivity index (χ2v) is 13.6. The number of hydrogen-bond acceptors (Lipinski definition) is 6. The second kappa shape index (κ2) is 9.23. The van der Waals surface area contributed by atoms with E-state index < -0.39 is 0 Å². The molecular weight excluding hydrogens is 593 g/mol. The monoisotopic (exact) mass is 604 g/mol. The number of benzene rings is 2. The van der Waals surface area contributed by atoms with Crippen LogP contribution in [0.1, 0.15) is 20.9 Å². The lowest BCUT2D eigenvalue weighted by Crippen LogP contribution is -1.86. The van der Waals surface area contributed by atoms with Crippen LogP contribution in [-0.4, -0.2) is 0 Å². The molecule has 2 aliphatic rings. The zero-order chi connectivity index (χ0) is 28.5. The smallest absolute Gasteiger partial charge is 0.226 e. The number of nitriles is 2. The molecule has 8 heteroatoms. The maximum atomic E-state index is 9.98. The van der Waals surface area contributed by atoms with E-state index in [1.54, 1.807) is 45.3 Å². The Balaban J connectivity index is 1.43. The number of nitrogens with zero attached hydrogens (tertiary/aromatic N) is 4. The average molecular weight is 605 g/mol. The number of hydrogen-bond donors (Lipinski definition) is 0. The van der Waals surface area contributed by atoms with Crippen molar-refractivity contribution in [3.63, 3.8) is 0 Å². The molecule has 0 fully saturated rings. The lowest BCUT2D eigenvalue weighted by atomic mass is 9.99. The van der Waals surface area contributed by atoms with E-state index in [0.29, 0.717) is 11.1 Å². The second-order valence-electron chi connectivity index (χ2n) is 9.64. The van der Waals surface area contributed by atoms with Gasteiger partial charge in [-0.3, -0.25) is 0 Å². The predicted octanol–water partition coefficient (Wildman–Crippen LogP) is 10.8. The lowest BCUT2D eigenvalue weighted by Gasteiger charge is -2.07. The van der Waals surface area contributed by atoms with Crippen LogP contribution in [0.15, 0.2) is 82.8 Å². The summed E-state index contributed by atoms with van der Waals surface area (Å²) in [5.74, 6) is 0. The molecule has 4 aromatic heterocycles. The van der Waals surface area contributed by atoms with E-state index in [1.807, 2.05) is 22.9 Å². The minimum atomic E-state index is 0.0882. The van der Waals surface area contributed by atoms with Crippen LogP contribution in [0.2, 0.25) is 0 Å². The van der Waals surface area contributed by atoms with Gasteiger partial charge in [0, 0.05) is 41.8 Å². The third-order valence-electron chi connectivity index (χ3n) is 7.61. The Labute approximate surface area is 256 Å². The van der Waals surface area contributed by atoms with Crippen molar-refractivity contribution >= 4 is 65.9 Å². The summed E-state index contributed by atoms with van der Waals surface area (Å²) < 4.78 is 2.13. The van der Waals surface area contributed by atoms with Gasteiger partial charge in [-0.1, -0.05) is 36.4 Å². The van der Waals surface area contributed by atoms with Crippen molar-refractivity contribution in [2.75, 3.05) is 0 Å². The Morgan fingerprint density at radius 3 is 1.43 bits per heavy atom. The SMILES string of the molecule is [C-]#[N+]/C(C#N)=C1/c2cc(-c3cccs3)ccc2-c2c1sc1c3c(sc21)/C(=C(\C#N)[N+]#[C-])c1cc(-c2cccs2)ccc1-3. The maximum Gasteiger partial charge on any atom is 0.271 e. The number of rotatable bonds is 2. The highest BCUT2D eigenvalue weighted by Crippen LogP contribution is 2.62. The summed E-state index contributed by atoms with van der Waals surface area (Å²) >= 11 is 6.51. The van der Waals surface area contributed by atoms with Crippen molar-refractivity contribution in [3.05, 3.63) is 127 Å². The third kappa shape index (κ3) is 3.27. The van der Waals surface area contributed by atoms with Gasteiger partial charge in [-0.15, -0.1) is 45.3 Å². The minimum absolute atomic E-state index is 0.0882. The zero-order valence-electron chi connectivity index (χ0n) is 21.4. The topological polar surface area (TPSA) is 56.3 Å². The molecule has 0 atom stereocenters. The summed E-state index contributed by atoms with van der Waals surface area (Å²) in [4.78, 5) is 11.4. The number of fused-ring (bicyclic) bond motifs is 9. The van der Waals surface area contributed by atoms with Crippen LogP contribution in [0, 0.1) is 35.8 Å². The van der Waals surface area contributed by atoms with E-state index in [2.05, 4.69) is 70.4 Å². The Morgan fingerprint density at radius 2 is 1.07 bits per heavy atom. The molecule has 0 amide bonds. The van der Waals surface area contributed by atoms with E-state index >= 15 is 0 Å². The van der Waals surface area contributed by atoms with Gasteiger partial charge in [0.05, 0.1) is 34.7 Å². The predicted molar refractivity (Wildman–Crippen MR) is 174 cm³/mol. The standard InChI is InChI=1S/C34H12N4S4/c1-37-23(15-35)27-21-13-17(25-5-3-11-39-25)7-9-19(21)29-31(27)41-34-30-20-10-8-18(26-6-4-12-40-26)14-22(20)28(24(16-36)38-2)32(30)42-33(29)34/h3-14H/b27-23-,28-24+. The molecule has 0 radical (unpaired) electrons. The van der Waals surface area contributed by atoms with Crippen molar-refractivity contribution in [1.82, 2.24) is 0 Å². The first-order chi connectivity index (χ1) is 20.7. The first-order valence-corrected chi connectivity index (χ1v) is 16.1. The fourth-order valence-corrected chi connectivity index (χ4v) is 10.4. The van der Waals surface area contributed by atoms with Crippen molar-refractivity contribution in [2.24, 2.45) is 0 Å². The number of allylic oxidation sites excluding steroid dienone is 2. The third-order valence-corrected chi connectivity index (χ3v) is 12.0. The largest absolute Gasteiger partial charge is 0.271 e. The Hall–Kier alpha value is -5.06. The summed E-state index contributed by atoms with van der Waals surface area (Å²) in [7, 11) is 0. The molecule has 0 aliphatic heterocycles. The molecule has 0 spiro atoms. The van der Waals surface area contributed by atoms with Crippen molar-refractivity contribution in [2.45, 2.75) is 0 Å². The van der Waals surface area contributed by atoms with Crippen LogP contribution >= 0.6 is 45.3 Å². The fraction of sp³-hybridized carbons (Fsp3) is 0. The summed E-state index contributed by atoms with van der Waals surface area (Å²) in [6.07, 6.45) is 0. The van der Waals surface area contributed by atoms with Gasteiger partial charge >= 0.3 is 0 Å². The fourth-order valence-electron chi connectivity index (χ4n) is 5.89. The molecule has 0 bridgehead atoms. The highest BCUT2D eigenvalue weighted by atomic mass is 32.1. The Bertz CT molecular complexity index is 2180. The molecule has 0 saturated heterocycles. The van der Waals surface area contributed by atoms with Crippen LogP contribution in [0.5, 0.6) is 0 Å². The molecule has 0 saturated carbocycles. The molecule has 4 heterocycles. The van der Waals surface area contributed by atoms with Crippen molar-refractivity contribution < 1.29 is 0 Å². The molecule has 2 aromatic carbocycles. The van der Waals surface area contributed by atoms with Crippen LogP contribution in [0.4, 0.5) is 0 Å².